The highest BCUT2D eigenvalue weighted by atomic mass is 19.1. The van der Waals surface area contributed by atoms with Crippen molar-refractivity contribution in [1.29, 1.82) is 0 Å². The molecule has 1 N–H and O–H groups in total. The Balaban J connectivity index is 0.00000137. The van der Waals surface area contributed by atoms with Gasteiger partial charge in [0.2, 0.25) is 0 Å². The van der Waals surface area contributed by atoms with Gasteiger partial charge in [-0.15, -0.1) is 0 Å². The summed E-state index contributed by atoms with van der Waals surface area (Å²) >= 11 is 0. The van der Waals surface area contributed by atoms with Crippen LogP contribution in [0.5, 0.6) is 0 Å². The maximum absolute atomic E-state index is 13.0. The first-order valence-electron chi connectivity index (χ1n) is 5.96. The third kappa shape index (κ3) is 5.10. The van der Waals surface area contributed by atoms with Gasteiger partial charge in [0.15, 0.2) is 0 Å². The zero-order chi connectivity index (χ0) is 14.0. The molecule has 1 aromatic heterocycles. The number of halogens is 1. The van der Waals surface area contributed by atoms with E-state index in [2.05, 4.69) is 11.6 Å². The van der Waals surface area contributed by atoms with Gasteiger partial charge in [-0.3, -0.25) is 0 Å². The van der Waals surface area contributed by atoms with E-state index in [4.69, 9.17) is 5.11 Å². The van der Waals surface area contributed by atoms with E-state index in [1.165, 1.54) is 12.2 Å². The second-order valence-corrected chi connectivity index (χ2v) is 3.27. The number of aromatic nitrogens is 2. The van der Waals surface area contributed by atoms with Crippen LogP contribution in [0.4, 0.5) is 4.39 Å². The Morgan fingerprint density at radius 2 is 2.22 bits per heavy atom. The third-order valence-electron chi connectivity index (χ3n) is 2.17. The first-order valence-corrected chi connectivity index (χ1v) is 5.96. The molecule has 0 radical (unpaired) electrons. The van der Waals surface area contributed by atoms with Crippen molar-refractivity contribution in [1.82, 2.24) is 9.55 Å². The minimum atomic E-state index is -0.305. The van der Waals surface area contributed by atoms with Crippen LogP contribution in [0, 0.1) is 0 Å². The molecule has 3 nitrogen and oxygen atoms in total. The molecule has 0 aliphatic rings. The van der Waals surface area contributed by atoms with Crippen LogP contribution >= 0.6 is 0 Å². The van der Waals surface area contributed by atoms with E-state index in [9.17, 15) is 4.39 Å². The Bertz CT molecular complexity index is 419. The van der Waals surface area contributed by atoms with Crippen LogP contribution in [0.1, 0.15) is 26.5 Å². The molecule has 0 aliphatic heterocycles. The average molecular weight is 252 g/mol. The van der Waals surface area contributed by atoms with Gasteiger partial charge in [-0.1, -0.05) is 32.6 Å². The lowest BCUT2D eigenvalue weighted by atomic mass is 10.2. The largest absolute Gasteiger partial charge is 0.390 e. The highest BCUT2D eigenvalue weighted by molar-refractivity contribution is 5.25. The van der Waals surface area contributed by atoms with Gasteiger partial charge in [-0.2, -0.15) is 0 Å². The van der Waals surface area contributed by atoms with Crippen LogP contribution in [0.2, 0.25) is 0 Å². The monoisotopic (exact) mass is 252 g/mol. The van der Waals surface area contributed by atoms with Crippen LogP contribution in [0.3, 0.4) is 0 Å². The quantitative estimate of drug-likeness (QED) is 0.816. The summed E-state index contributed by atoms with van der Waals surface area (Å²) in [6, 6.07) is 0. The summed E-state index contributed by atoms with van der Waals surface area (Å²) in [5.41, 5.74) is 1.41. The Hall–Kier alpha value is -1.68. The summed E-state index contributed by atoms with van der Waals surface area (Å²) in [4.78, 5) is 3.91. The molecular formula is C14H21FN2O. The molecule has 0 amide bonds. The standard InChI is InChI=1S/C12H15FN2O.C2H6/c1-3-10(5-11(13)4-2)7-15-9-14-6-12(15)8-16;1-2/h3-6,9,16H,1,7-8H2,2H3;1-2H3/b10-5+,11-4+;. The Morgan fingerprint density at radius 3 is 2.72 bits per heavy atom. The van der Waals surface area contributed by atoms with E-state index in [0.29, 0.717) is 12.2 Å². The van der Waals surface area contributed by atoms with Gasteiger partial charge in [-0.05, 0) is 18.6 Å². The Kier molecular flexibility index (Phi) is 8.49. The lowest BCUT2D eigenvalue weighted by Gasteiger charge is -2.06. The van der Waals surface area contributed by atoms with Crippen molar-refractivity contribution in [3.8, 4) is 0 Å². The Labute approximate surface area is 108 Å². The molecule has 0 saturated heterocycles. The molecule has 0 saturated carbocycles. The van der Waals surface area contributed by atoms with Gasteiger partial charge in [0, 0.05) is 6.54 Å². The smallest absolute Gasteiger partial charge is 0.119 e. The molecule has 1 heterocycles. The minimum Gasteiger partial charge on any atom is -0.390 e. The van der Waals surface area contributed by atoms with Gasteiger partial charge in [0.25, 0.3) is 0 Å². The highest BCUT2D eigenvalue weighted by Crippen LogP contribution is 2.10. The van der Waals surface area contributed by atoms with Crippen LogP contribution in [0.25, 0.3) is 0 Å². The molecule has 0 fully saturated rings. The molecule has 4 heteroatoms. The maximum Gasteiger partial charge on any atom is 0.119 e. The normalized spacial score (nSPS) is 11.8. The molecule has 0 unspecified atom stereocenters. The number of rotatable bonds is 5. The molecule has 0 aliphatic carbocycles. The number of imidazole rings is 1. The molecule has 0 aromatic carbocycles. The van der Waals surface area contributed by atoms with Gasteiger partial charge >= 0.3 is 0 Å². The molecule has 18 heavy (non-hydrogen) atoms. The van der Waals surface area contributed by atoms with Crippen molar-refractivity contribution in [2.75, 3.05) is 0 Å². The first kappa shape index (κ1) is 16.3. The summed E-state index contributed by atoms with van der Waals surface area (Å²) in [7, 11) is 0. The SMILES string of the molecule is C=C/C(=C\C(F)=C/C)Cn1cncc1CO.CC. The molecule has 1 aromatic rings. The van der Waals surface area contributed by atoms with Gasteiger partial charge < -0.3 is 9.67 Å². The van der Waals surface area contributed by atoms with Crippen molar-refractivity contribution in [2.24, 2.45) is 0 Å². The second-order valence-electron chi connectivity index (χ2n) is 3.27. The number of aliphatic hydroxyl groups is 1. The number of nitrogens with zero attached hydrogens (tertiary/aromatic N) is 2. The van der Waals surface area contributed by atoms with Gasteiger partial charge in [0.1, 0.15) is 5.83 Å². The molecule has 0 atom stereocenters. The summed E-state index contributed by atoms with van der Waals surface area (Å²) in [6.07, 6.45) is 7.55. The second kappa shape index (κ2) is 9.36. The number of hydrogen-bond donors (Lipinski definition) is 1. The van der Waals surface area contributed by atoms with Crippen molar-refractivity contribution < 1.29 is 9.50 Å². The summed E-state index contributed by atoms with van der Waals surface area (Å²) < 4.78 is 14.8. The fourth-order valence-electron chi connectivity index (χ4n) is 1.25. The van der Waals surface area contributed by atoms with Crippen LogP contribution in [0.15, 0.2) is 48.7 Å². The molecular weight excluding hydrogens is 231 g/mol. The van der Waals surface area contributed by atoms with Gasteiger partial charge in [-0.25, -0.2) is 9.37 Å². The van der Waals surface area contributed by atoms with E-state index in [0.717, 1.165) is 5.57 Å². The number of aliphatic hydroxyl groups excluding tert-OH is 1. The van der Waals surface area contributed by atoms with E-state index in [1.54, 1.807) is 30.1 Å². The predicted molar refractivity (Wildman–Crippen MR) is 72.6 cm³/mol. The summed E-state index contributed by atoms with van der Waals surface area (Å²) in [5, 5.41) is 9.03. The Morgan fingerprint density at radius 1 is 1.56 bits per heavy atom. The van der Waals surface area contributed by atoms with E-state index in [1.807, 2.05) is 13.8 Å². The van der Waals surface area contributed by atoms with E-state index >= 15 is 0 Å². The molecule has 1 rings (SSSR count). The summed E-state index contributed by atoms with van der Waals surface area (Å²) in [6.45, 7) is 9.61. The third-order valence-corrected chi connectivity index (χ3v) is 2.17. The number of hydrogen-bond acceptors (Lipinski definition) is 2. The van der Waals surface area contributed by atoms with Crippen molar-refractivity contribution in [3.05, 3.63) is 54.4 Å². The fraction of sp³-hybridized carbons (Fsp3) is 0.357. The lowest BCUT2D eigenvalue weighted by molar-refractivity contribution is 0.271. The lowest BCUT2D eigenvalue weighted by Crippen LogP contribution is -2.03. The average Bonchev–Trinajstić information content (AvgIpc) is 2.87. The molecule has 0 bridgehead atoms. The van der Waals surface area contributed by atoms with Crippen LogP contribution in [-0.4, -0.2) is 14.7 Å². The zero-order valence-corrected chi connectivity index (χ0v) is 11.2. The van der Waals surface area contributed by atoms with Crippen molar-refractivity contribution in [2.45, 2.75) is 33.9 Å². The minimum absolute atomic E-state index is 0.0868. The van der Waals surface area contributed by atoms with Gasteiger partial charge in [0.05, 0.1) is 24.8 Å². The zero-order valence-electron chi connectivity index (χ0n) is 11.2. The highest BCUT2D eigenvalue weighted by Gasteiger charge is 2.02. The van der Waals surface area contributed by atoms with Crippen LogP contribution < -0.4 is 0 Å². The van der Waals surface area contributed by atoms with E-state index in [-0.39, 0.29) is 12.4 Å². The number of allylic oxidation sites excluding steroid dienone is 5. The predicted octanol–water partition coefficient (Wildman–Crippen LogP) is 3.39. The van der Waals surface area contributed by atoms with Crippen molar-refractivity contribution >= 4 is 0 Å². The summed E-state index contributed by atoms with van der Waals surface area (Å²) in [5.74, 6) is -0.305. The van der Waals surface area contributed by atoms with Crippen LogP contribution in [-0.2, 0) is 13.2 Å². The maximum atomic E-state index is 13.0. The molecule has 0 spiro atoms. The molecule has 100 valence electrons. The fourth-order valence-corrected chi connectivity index (χ4v) is 1.25. The van der Waals surface area contributed by atoms with E-state index < -0.39 is 0 Å². The topological polar surface area (TPSA) is 38.0 Å². The van der Waals surface area contributed by atoms with Crippen molar-refractivity contribution in [3.63, 3.8) is 0 Å². The first-order chi connectivity index (χ1) is 8.71.